The Balaban J connectivity index is 1.88. The van der Waals surface area contributed by atoms with Crippen molar-refractivity contribution >= 4 is 32.2 Å². The lowest BCUT2D eigenvalue weighted by molar-refractivity contribution is -0.119. The van der Waals surface area contributed by atoms with Crippen molar-refractivity contribution < 1.29 is 13.2 Å². The molecule has 0 aliphatic heterocycles. The molecule has 26 heavy (non-hydrogen) atoms. The van der Waals surface area contributed by atoms with E-state index in [1.807, 2.05) is 5.38 Å². The smallest absolute Gasteiger partial charge is 0.237 e. The van der Waals surface area contributed by atoms with Gasteiger partial charge in [0.2, 0.25) is 5.91 Å². The van der Waals surface area contributed by atoms with Gasteiger partial charge >= 0.3 is 0 Å². The van der Waals surface area contributed by atoms with Crippen LogP contribution in [0.25, 0.3) is 0 Å². The summed E-state index contributed by atoms with van der Waals surface area (Å²) in [5, 5.41) is 5.36. The largest absolute Gasteiger partial charge is 0.301 e. The van der Waals surface area contributed by atoms with Gasteiger partial charge in [-0.2, -0.15) is 0 Å². The average molecular weight is 393 g/mol. The first-order chi connectivity index (χ1) is 12.2. The van der Waals surface area contributed by atoms with Gasteiger partial charge in [-0.3, -0.25) is 4.79 Å². The monoisotopic (exact) mass is 392 g/mol. The molecule has 0 bridgehead atoms. The van der Waals surface area contributed by atoms with Crippen LogP contribution in [0.4, 0.5) is 5.13 Å². The number of carbonyl (C=O) groups excluding carboxylic acids is 1. The first-order valence-electron chi connectivity index (χ1n) is 8.75. The molecule has 0 saturated heterocycles. The summed E-state index contributed by atoms with van der Waals surface area (Å²) in [6.07, 6.45) is 5.69. The Labute approximate surface area is 158 Å². The number of hydrogen-bond acceptors (Lipinski definition) is 5. The van der Waals surface area contributed by atoms with E-state index in [1.54, 1.807) is 30.5 Å². The molecular weight excluding hydrogens is 368 g/mol. The number of benzene rings is 1. The lowest BCUT2D eigenvalue weighted by Crippen LogP contribution is -2.30. The van der Waals surface area contributed by atoms with Crippen LogP contribution in [0, 0.1) is 11.8 Å². The van der Waals surface area contributed by atoms with Crippen LogP contribution in [0.15, 0.2) is 40.7 Å². The van der Waals surface area contributed by atoms with E-state index in [0.29, 0.717) is 11.0 Å². The molecule has 140 valence electrons. The molecule has 1 N–H and O–H groups in total. The lowest BCUT2D eigenvalue weighted by Gasteiger charge is -2.18. The van der Waals surface area contributed by atoms with Gasteiger partial charge < -0.3 is 5.32 Å². The zero-order valence-corrected chi connectivity index (χ0v) is 16.9. The van der Waals surface area contributed by atoms with E-state index < -0.39 is 15.3 Å². The van der Waals surface area contributed by atoms with Gasteiger partial charge in [-0.1, -0.05) is 32.4 Å². The van der Waals surface area contributed by atoms with Crippen LogP contribution in [-0.4, -0.2) is 25.6 Å². The minimum atomic E-state index is -3.25. The van der Waals surface area contributed by atoms with Crippen molar-refractivity contribution in [2.75, 3.05) is 11.6 Å². The molecule has 0 radical (unpaired) electrons. The zero-order valence-electron chi connectivity index (χ0n) is 15.2. The Morgan fingerprint density at radius 1 is 1.35 bits per heavy atom. The normalized spacial score (nSPS) is 22.4. The third kappa shape index (κ3) is 3.83. The fourth-order valence-electron chi connectivity index (χ4n) is 3.47. The maximum atomic E-state index is 13.1. The third-order valence-corrected chi connectivity index (χ3v) is 6.87. The van der Waals surface area contributed by atoms with Crippen LogP contribution in [0.3, 0.4) is 0 Å². The Bertz CT molecular complexity index is 874. The topological polar surface area (TPSA) is 76.1 Å². The molecule has 1 amide bonds. The minimum absolute atomic E-state index is 0.0479. The van der Waals surface area contributed by atoms with E-state index in [9.17, 15) is 13.2 Å². The lowest BCUT2D eigenvalue weighted by atomic mass is 9.90. The van der Waals surface area contributed by atoms with E-state index >= 15 is 0 Å². The highest BCUT2D eigenvalue weighted by Gasteiger charge is 2.60. The molecule has 3 rings (SSSR count). The van der Waals surface area contributed by atoms with E-state index in [1.165, 1.54) is 17.6 Å². The van der Waals surface area contributed by atoms with Gasteiger partial charge in [0.15, 0.2) is 15.0 Å². The van der Waals surface area contributed by atoms with Crippen LogP contribution >= 0.6 is 11.3 Å². The fourth-order valence-corrected chi connectivity index (χ4v) is 4.62. The van der Waals surface area contributed by atoms with Gasteiger partial charge in [0.05, 0.1) is 10.3 Å². The van der Waals surface area contributed by atoms with Crippen LogP contribution in [0.5, 0.6) is 0 Å². The Morgan fingerprint density at radius 2 is 2.04 bits per heavy atom. The number of carbonyl (C=O) groups is 1. The summed E-state index contributed by atoms with van der Waals surface area (Å²) in [6.45, 7) is 4.36. The van der Waals surface area contributed by atoms with Crippen LogP contribution < -0.4 is 5.32 Å². The Kier molecular flexibility index (Phi) is 5.21. The van der Waals surface area contributed by atoms with Gasteiger partial charge in [0, 0.05) is 17.8 Å². The highest BCUT2D eigenvalue weighted by Crippen LogP contribution is 2.57. The van der Waals surface area contributed by atoms with E-state index in [4.69, 9.17) is 0 Å². The fraction of sp³-hybridized carbons (Fsp3) is 0.474. The molecule has 5 nitrogen and oxygen atoms in total. The standard InChI is InChI=1S/C19H24N2O3S2/c1-13(2)4-5-15-12-19(15,17(22)21-18-20-10-11-25-18)14-6-8-16(9-7-14)26(3,23)24/h6-11,13,15H,4-5,12H2,1-3H3,(H,20,21,22)/t15-,19+/m1/s1. The number of rotatable bonds is 7. The summed E-state index contributed by atoms with van der Waals surface area (Å²) < 4.78 is 23.4. The highest BCUT2D eigenvalue weighted by molar-refractivity contribution is 7.90. The van der Waals surface area contributed by atoms with E-state index in [-0.39, 0.29) is 16.7 Å². The molecule has 1 aromatic carbocycles. The average Bonchev–Trinajstić information content (AvgIpc) is 3.10. The second-order valence-corrected chi connectivity index (χ2v) is 10.3. The zero-order chi connectivity index (χ0) is 18.9. The van der Waals surface area contributed by atoms with Crippen molar-refractivity contribution in [1.82, 2.24) is 4.98 Å². The molecule has 1 fully saturated rings. The minimum Gasteiger partial charge on any atom is -0.301 e. The summed E-state index contributed by atoms with van der Waals surface area (Å²) in [4.78, 5) is 17.5. The molecule has 2 aromatic rings. The number of hydrogen-bond donors (Lipinski definition) is 1. The molecule has 1 heterocycles. The summed E-state index contributed by atoms with van der Waals surface area (Å²) in [7, 11) is -3.25. The maximum absolute atomic E-state index is 13.1. The molecule has 1 aliphatic carbocycles. The van der Waals surface area contributed by atoms with Crippen molar-refractivity contribution in [2.45, 2.75) is 43.4 Å². The molecule has 1 aromatic heterocycles. The highest BCUT2D eigenvalue weighted by atomic mass is 32.2. The molecule has 2 atom stereocenters. The number of thiazole rings is 1. The number of amides is 1. The molecule has 1 saturated carbocycles. The second kappa shape index (κ2) is 7.12. The first kappa shape index (κ1) is 19.0. The number of anilines is 1. The number of aromatic nitrogens is 1. The quantitative estimate of drug-likeness (QED) is 0.776. The first-order valence-corrected chi connectivity index (χ1v) is 11.5. The maximum Gasteiger partial charge on any atom is 0.237 e. The molecule has 0 unspecified atom stereocenters. The number of nitrogens with zero attached hydrogens (tertiary/aromatic N) is 1. The van der Waals surface area contributed by atoms with Crippen molar-refractivity contribution in [3.8, 4) is 0 Å². The van der Waals surface area contributed by atoms with Crippen molar-refractivity contribution in [3.63, 3.8) is 0 Å². The van der Waals surface area contributed by atoms with E-state index in [2.05, 4.69) is 24.1 Å². The SMILES string of the molecule is CC(C)CC[C@@H]1C[C@]1(C(=O)Nc1nccs1)c1ccc(S(C)(=O)=O)cc1. The summed E-state index contributed by atoms with van der Waals surface area (Å²) in [5.74, 6) is 0.810. The Morgan fingerprint density at radius 3 is 2.58 bits per heavy atom. The molecule has 0 spiro atoms. The summed E-state index contributed by atoms with van der Waals surface area (Å²) in [6, 6.07) is 6.77. The van der Waals surface area contributed by atoms with Crippen molar-refractivity contribution in [1.29, 1.82) is 0 Å². The summed E-state index contributed by atoms with van der Waals surface area (Å²) in [5.41, 5.74) is 0.295. The van der Waals surface area contributed by atoms with Crippen LogP contribution in [-0.2, 0) is 20.0 Å². The molecule has 1 aliphatic rings. The molecule has 7 heteroatoms. The second-order valence-electron chi connectivity index (χ2n) is 7.43. The third-order valence-electron chi connectivity index (χ3n) is 5.05. The van der Waals surface area contributed by atoms with Gasteiger partial charge in [-0.05, 0) is 42.4 Å². The number of nitrogens with one attached hydrogen (secondary N) is 1. The summed E-state index contributed by atoms with van der Waals surface area (Å²) >= 11 is 1.39. The van der Waals surface area contributed by atoms with Crippen LogP contribution in [0.2, 0.25) is 0 Å². The van der Waals surface area contributed by atoms with Gasteiger partial charge in [-0.15, -0.1) is 11.3 Å². The predicted molar refractivity (Wildman–Crippen MR) is 104 cm³/mol. The van der Waals surface area contributed by atoms with Gasteiger partial charge in [0.1, 0.15) is 0 Å². The van der Waals surface area contributed by atoms with Crippen molar-refractivity contribution in [3.05, 3.63) is 41.4 Å². The van der Waals surface area contributed by atoms with Gasteiger partial charge in [-0.25, -0.2) is 13.4 Å². The number of sulfone groups is 1. The van der Waals surface area contributed by atoms with E-state index in [0.717, 1.165) is 24.8 Å². The van der Waals surface area contributed by atoms with Crippen LogP contribution in [0.1, 0.15) is 38.7 Å². The van der Waals surface area contributed by atoms with Gasteiger partial charge in [0.25, 0.3) is 0 Å². The van der Waals surface area contributed by atoms with Crippen molar-refractivity contribution in [2.24, 2.45) is 11.8 Å². The molecular formula is C19H24N2O3S2. The predicted octanol–water partition coefficient (Wildman–Crippen LogP) is 3.88. The Hall–Kier alpha value is -1.73.